The topological polar surface area (TPSA) is 54.5 Å². The first-order valence-corrected chi connectivity index (χ1v) is 13.2. The standard InChI is InChI=1S/C22H27Br2N2O3S/c1-3-26(4-2,16-17-7-9-18(23)10-8-17)14-6-5-13-25-22(27)20-15-19(24)11-12-21(20)30(25,28)29/h7-12,15H,3-6,13-14,16H2,1-2H3/q+1. The SMILES string of the molecule is CC[N+](CC)(CCCCN1C(=O)c2cc(Br)ccc2S1(=O)=O)Cc1ccc(Br)cc1. The maximum atomic E-state index is 12.8. The summed E-state index contributed by atoms with van der Waals surface area (Å²) in [6.45, 7) is 8.53. The number of amides is 1. The first-order valence-electron chi connectivity index (χ1n) is 10.2. The predicted octanol–water partition coefficient (Wildman–Crippen LogP) is 5.19. The average Bonchev–Trinajstić information content (AvgIpc) is 2.91. The number of sulfonamides is 1. The molecule has 2 aromatic carbocycles. The molecule has 0 saturated heterocycles. The Bertz CT molecular complexity index is 1020. The normalized spacial score (nSPS) is 15.5. The number of quaternary nitrogens is 1. The number of fused-ring (bicyclic) bond motifs is 1. The van der Waals surface area contributed by atoms with E-state index in [4.69, 9.17) is 0 Å². The Labute approximate surface area is 196 Å². The molecule has 1 amide bonds. The Kier molecular flexibility index (Phi) is 7.43. The highest BCUT2D eigenvalue weighted by atomic mass is 79.9. The summed E-state index contributed by atoms with van der Waals surface area (Å²) in [5, 5.41) is 0. The van der Waals surface area contributed by atoms with Gasteiger partial charge in [0, 0.05) is 21.1 Å². The molecule has 2 aromatic rings. The Hall–Kier alpha value is -1.22. The largest absolute Gasteiger partial charge is 0.320 e. The van der Waals surface area contributed by atoms with Gasteiger partial charge in [-0.25, -0.2) is 12.7 Å². The van der Waals surface area contributed by atoms with Gasteiger partial charge in [0.2, 0.25) is 0 Å². The molecule has 0 radical (unpaired) electrons. The minimum Gasteiger partial charge on any atom is -0.320 e. The molecule has 0 N–H and O–H groups in total. The molecule has 1 heterocycles. The Morgan fingerprint density at radius 3 is 2.20 bits per heavy atom. The van der Waals surface area contributed by atoms with Crippen molar-refractivity contribution in [2.75, 3.05) is 26.2 Å². The van der Waals surface area contributed by atoms with E-state index in [0.29, 0.717) is 10.9 Å². The van der Waals surface area contributed by atoms with Crippen molar-refractivity contribution in [1.29, 1.82) is 0 Å². The van der Waals surface area contributed by atoms with Gasteiger partial charge >= 0.3 is 0 Å². The zero-order valence-electron chi connectivity index (χ0n) is 17.3. The Balaban J connectivity index is 1.62. The third-order valence-electron chi connectivity index (χ3n) is 5.98. The average molecular weight is 559 g/mol. The quantitative estimate of drug-likeness (QED) is 0.314. The van der Waals surface area contributed by atoms with Gasteiger partial charge in [0.1, 0.15) is 11.4 Å². The predicted molar refractivity (Wildman–Crippen MR) is 126 cm³/mol. The second-order valence-corrected chi connectivity index (χ2v) is 11.4. The van der Waals surface area contributed by atoms with Crippen LogP contribution in [0.5, 0.6) is 0 Å². The first kappa shape index (κ1) is 23.4. The van der Waals surface area contributed by atoms with Crippen molar-refractivity contribution in [1.82, 2.24) is 4.31 Å². The Morgan fingerprint density at radius 1 is 0.933 bits per heavy atom. The fourth-order valence-corrected chi connectivity index (χ4v) is 6.21. The minimum absolute atomic E-state index is 0.109. The summed E-state index contributed by atoms with van der Waals surface area (Å²) < 4.78 is 29.3. The van der Waals surface area contributed by atoms with E-state index in [1.54, 1.807) is 12.1 Å². The second-order valence-electron chi connectivity index (χ2n) is 7.71. The maximum Gasteiger partial charge on any atom is 0.269 e. The molecule has 0 aliphatic carbocycles. The lowest BCUT2D eigenvalue weighted by Crippen LogP contribution is -2.47. The van der Waals surface area contributed by atoms with Gasteiger partial charge in [-0.05, 0) is 57.0 Å². The zero-order valence-corrected chi connectivity index (χ0v) is 21.3. The van der Waals surface area contributed by atoms with Crippen LogP contribution in [0.2, 0.25) is 0 Å². The van der Waals surface area contributed by atoms with Crippen LogP contribution in [0.4, 0.5) is 0 Å². The van der Waals surface area contributed by atoms with Gasteiger partial charge in [-0.3, -0.25) is 4.79 Å². The summed E-state index contributed by atoms with van der Waals surface area (Å²) in [6.07, 6.45) is 1.51. The van der Waals surface area contributed by atoms with E-state index in [0.717, 1.165) is 45.9 Å². The molecule has 0 saturated carbocycles. The molecule has 0 spiro atoms. The maximum absolute atomic E-state index is 12.8. The number of carbonyl (C=O) groups is 1. The highest BCUT2D eigenvalue weighted by molar-refractivity contribution is 9.10. The smallest absolute Gasteiger partial charge is 0.269 e. The van der Waals surface area contributed by atoms with Crippen LogP contribution in [0.1, 0.15) is 42.6 Å². The number of unbranched alkanes of at least 4 members (excludes halogenated alkanes) is 1. The van der Waals surface area contributed by atoms with Crippen molar-refractivity contribution in [2.45, 2.75) is 38.1 Å². The van der Waals surface area contributed by atoms with Gasteiger partial charge in [-0.1, -0.05) is 44.0 Å². The molecule has 1 aliphatic rings. The van der Waals surface area contributed by atoms with Crippen molar-refractivity contribution in [3.8, 4) is 0 Å². The van der Waals surface area contributed by atoms with Crippen LogP contribution in [-0.4, -0.2) is 49.3 Å². The second kappa shape index (κ2) is 9.51. The van der Waals surface area contributed by atoms with Gasteiger partial charge in [-0.15, -0.1) is 0 Å². The number of hydrogen-bond acceptors (Lipinski definition) is 3. The molecule has 0 aromatic heterocycles. The van der Waals surface area contributed by atoms with Crippen LogP contribution in [0.25, 0.3) is 0 Å². The van der Waals surface area contributed by atoms with Gasteiger partial charge < -0.3 is 4.48 Å². The molecule has 3 rings (SSSR count). The molecule has 0 atom stereocenters. The molecule has 30 heavy (non-hydrogen) atoms. The molecule has 8 heteroatoms. The van der Waals surface area contributed by atoms with Crippen molar-refractivity contribution >= 4 is 47.8 Å². The summed E-state index contributed by atoms with van der Waals surface area (Å²) in [6, 6.07) is 13.2. The fraction of sp³-hybridized carbons (Fsp3) is 0.409. The molecule has 0 fully saturated rings. The third kappa shape index (κ3) is 4.82. The molecule has 162 valence electrons. The summed E-state index contributed by atoms with van der Waals surface area (Å²) in [5.41, 5.74) is 1.55. The minimum atomic E-state index is -3.74. The number of rotatable bonds is 9. The summed E-state index contributed by atoms with van der Waals surface area (Å²) >= 11 is 6.79. The number of carbonyl (C=O) groups excluding carboxylic acids is 1. The van der Waals surface area contributed by atoms with Gasteiger partial charge in [-0.2, -0.15) is 0 Å². The lowest BCUT2D eigenvalue weighted by Gasteiger charge is -2.37. The first-order chi connectivity index (χ1) is 14.2. The number of halogens is 2. The lowest BCUT2D eigenvalue weighted by molar-refractivity contribution is -0.938. The van der Waals surface area contributed by atoms with Crippen LogP contribution in [0.15, 0.2) is 56.3 Å². The van der Waals surface area contributed by atoms with E-state index in [2.05, 4.69) is 70.0 Å². The van der Waals surface area contributed by atoms with Crippen molar-refractivity contribution in [3.63, 3.8) is 0 Å². The summed E-state index contributed by atoms with van der Waals surface area (Å²) in [4.78, 5) is 12.8. The number of benzene rings is 2. The van der Waals surface area contributed by atoms with E-state index >= 15 is 0 Å². The van der Waals surface area contributed by atoms with E-state index in [9.17, 15) is 13.2 Å². The third-order valence-corrected chi connectivity index (χ3v) is 8.85. The number of hydrogen-bond donors (Lipinski definition) is 0. The monoisotopic (exact) mass is 557 g/mol. The van der Waals surface area contributed by atoms with Crippen LogP contribution < -0.4 is 0 Å². The van der Waals surface area contributed by atoms with E-state index < -0.39 is 15.9 Å². The molecule has 5 nitrogen and oxygen atoms in total. The molecule has 0 bridgehead atoms. The van der Waals surface area contributed by atoms with Crippen LogP contribution in [-0.2, 0) is 16.6 Å². The van der Waals surface area contributed by atoms with E-state index in [1.165, 1.54) is 11.6 Å². The van der Waals surface area contributed by atoms with Crippen molar-refractivity contribution < 1.29 is 17.7 Å². The van der Waals surface area contributed by atoms with E-state index in [-0.39, 0.29) is 17.0 Å². The lowest BCUT2D eigenvalue weighted by atomic mass is 10.1. The van der Waals surface area contributed by atoms with Crippen LogP contribution in [0, 0.1) is 0 Å². The van der Waals surface area contributed by atoms with E-state index in [1.807, 2.05) is 0 Å². The summed E-state index contributed by atoms with van der Waals surface area (Å²) in [7, 11) is -3.74. The molecular formula is C22H27Br2N2O3S+. The van der Waals surface area contributed by atoms with Gasteiger partial charge in [0.05, 0.1) is 25.2 Å². The highest BCUT2D eigenvalue weighted by Gasteiger charge is 2.40. The van der Waals surface area contributed by atoms with Gasteiger partial charge in [0.15, 0.2) is 0 Å². The molecule has 1 aliphatic heterocycles. The zero-order chi connectivity index (χ0) is 21.9. The van der Waals surface area contributed by atoms with Crippen LogP contribution in [0.3, 0.4) is 0 Å². The summed E-state index contributed by atoms with van der Waals surface area (Å²) in [5.74, 6) is -0.423. The van der Waals surface area contributed by atoms with Crippen LogP contribution >= 0.6 is 31.9 Å². The molecular weight excluding hydrogens is 532 g/mol. The van der Waals surface area contributed by atoms with Gasteiger partial charge in [0.25, 0.3) is 15.9 Å². The molecule has 0 unspecified atom stereocenters. The Morgan fingerprint density at radius 2 is 1.57 bits per heavy atom. The van der Waals surface area contributed by atoms with Crippen molar-refractivity contribution in [3.05, 3.63) is 62.5 Å². The highest BCUT2D eigenvalue weighted by Crippen LogP contribution is 2.32. The fourth-order valence-electron chi connectivity index (χ4n) is 4.00. The number of nitrogens with zero attached hydrogens (tertiary/aromatic N) is 2. The van der Waals surface area contributed by atoms with Crippen molar-refractivity contribution in [2.24, 2.45) is 0 Å².